The molecule has 0 radical (unpaired) electrons. The molecule has 4 heterocycles. The van der Waals surface area contributed by atoms with Gasteiger partial charge in [-0.3, -0.25) is 0 Å². The lowest BCUT2D eigenvalue weighted by Gasteiger charge is -2.17. The minimum absolute atomic E-state index is 0.0361. The summed E-state index contributed by atoms with van der Waals surface area (Å²) in [4.78, 5) is 9.09. The van der Waals surface area contributed by atoms with Crippen molar-refractivity contribution in [2.24, 2.45) is 5.92 Å². The molecular formula is C21H24N8O2. The van der Waals surface area contributed by atoms with E-state index in [0.717, 1.165) is 5.39 Å². The van der Waals surface area contributed by atoms with E-state index < -0.39 is 6.04 Å². The standard InChI is InChI=1S/C21H24N8O2/c1-12(2)31-20-17(9-28(27-20)14(4)6-22)25-21-24-8-15-5-16(7-23)29(19(15)26-21)18-11-30-10-13(18)3/h5,8-9,12-14,18H,10-11H2,1-4H3,(H,24,25,26)/t13-,14-,18+/m0/s1. The average molecular weight is 420 g/mol. The predicted molar refractivity (Wildman–Crippen MR) is 113 cm³/mol. The number of nitrogens with zero attached hydrogens (tertiary/aromatic N) is 7. The van der Waals surface area contributed by atoms with E-state index >= 15 is 0 Å². The van der Waals surface area contributed by atoms with Gasteiger partial charge in [0.25, 0.3) is 5.88 Å². The van der Waals surface area contributed by atoms with Gasteiger partial charge in [0.2, 0.25) is 5.95 Å². The summed E-state index contributed by atoms with van der Waals surface area (Å²) in [5.41, 5.74) is 1.76. The third-order valence-corrected chi connectivity index (χ3v) is 5.22. The largest absolute Gasteiger partial charge is 0.472 e. The minimum Gasteiger partial charge on any atom is -0.472 e. The third kappa shape index (κ3) is 3.90. The topological polar surface area (TPSA) is 127 Å². The quantitative estimate of drug-likeness (QED) is 0.643. The summed E-state index contributed by atoms with van der Waals surface area (Å²) in [5.74, 6) is 0.984. The van der Waals surface area contributed by atoms with Gasteiger partial charge in [-0.05, 0) is 26.8 Å². The van der Waals surface area contributed by atoms with Crippen molar-refractivity contribution in [2.45, 2.75) is 45.9 Å². The summed E-state index contributed by atoms with van der Waals surface area (Å²) in [7, 11) is 0. The molecule has 1 aliphatic rings. The number of rotatable bonds is 6. The van der Waals surface area contributed by atoms with Crippen molar-refractivity contribution in [1.82, 2.24) is 24.3 Å². The van der Waals surface area contributed by atoms with Crippen molar-refractivity contribution in [2.75, 3.05) is 18.5 Å². The van der Waals surface area contributed by atoms with Gasteiger partial charge in [-0.25, -0.2) is 9.67 Å². The monoisotopic (exact) mass is 420 g/mol. The van der Waals surface area contributed by atoms with Crippen LogP contribution in [-0.2, 0) is 4.74 Å². The number of fused-ring (bicyclic) bond motifs is 1. The summed E-state index contributed by atoms with van der Waals surface area (Å²) in [6.45, 7) is 8.85. The lowest BCUT2D eigenvalue weighted by Crippen LogP contribution is -2.17. The van der Waals surface area contributed by atoms with E-state index in [-0.39, 0.29) is 18.1 Å². The number of hydrogen-bond donors (Lipinski definition) is 1. The highest BCUT2D eigenvalue weighted by atomic mass is 16.5. The van der Waals surface area contributed by atoms with Crippen LogP contribution in [0.15, 0.2) is 18.5 Å². The summed E-state index contributed by atoms with van der Waals surface area (Å²) in [6.07, 6.45) is 3.29. The predicted octanol–water partition coefficient (Wildman–Crippen LogP) is 3.32. The molecule has 1 N–H and O–H groups in total. The average Bonchev–Trinajstić information content (AvgIpc) is 3.43. The maximum Gasteiger partial charge on any atom is 0.257 e. The first kappa shape index (κ1) is 20.6. The van der Waals surface area contributed by atoms with Crippen LogP contribution < -0.4 is 10.1 Å². The number of anilines is 2. The zero-order valence-corrected chi connectivity index (χ0v) is 17.9. The molecule has 0 bridgehead atoms. The molecule has 10 heteroatoms. The van der Waals surface area contributed by atoms with E-state index in [9.17, 15) is 10.5 Å². The Labute approximate surface area is 180 Å². The molecule has 1 saturated heterocycles. The molecule has 4 rings (SSSR count). The Balaban J connectivity index is 1.74. The van der Waals surface area contributed by atoms with Crippen LogP contribution in [0.25, 0.3) is 11.0 Å². The highest BCUT2D eigenvalue weighted by molar-refractivity contribution is 5.79. The molecule has 0 saturated carbocycles. The van der Waals surface area contributed by atoms with Gasteiger partial charge in [0.1, 0.15) is 29.1 Å². The highest BCUT2D eigenvalue weighted by Crippen LogP contribution is 2.32. The fourth-order valence-electron chi connectivity index (χ4n) is 3.62. The molecule has 31 heavy (non-hydrogen) atoms. The Bertz CT molecular complexity index is 1180. The summed E-state index contributed by atoms with van der Waals surface area (Å²) in [6, 6.07) is 5.80. The first-order chi connectivity index (χ1) is 14.9. The van der Waals surface area contributed by atoms with Gasteiger partial charge in [0.05, 0.1) is 37.6 Å². The molecule has 3 aromatic heterocycles. The highest BCUT2D eigenvalue weighted by Gasteiger charge is 2.29. The molecule has 10 nitrogen and oxygen atoms in total. The van der Waals surface area contributed by atoms with Crippen molar-refractivity contribution < 1.29 is 9.47 Å². The van der Waals surface area contributed by atoms with Crippen LogP contribution >= 0.6 is 0 Å². The van der Waals surface area contributed by atoms with Gasteiger partial charge in [-0.1, -0.05) is 6.92 Å². The van der Waals surface area contributed by atoms with E-state index in [2.05, 4.69) is 39.4 Å². The molecule has 0 unspecified atom stereocenters. The Hall–Kier alpha value is -3.63. The Kier molecular flexibility index (Phi) is 5.49. The molecular weight excluding hydrogens is 396 g/mol. The van der Waals surface area contributed by atoms with Crippen LogP contribution in [0.1, 0.15) is 45.5 Å². The number of hydrogen-bond acceptors (Lipinski definition) is 8. The lowest BCUT2D eigenvalue weighted by molar-refractivity contribution is 0.182. The van der Waals surface area contributed by atoms with Crippen LogP contribution in [0.4, 0.5) is 11.6 Å². The molecule has 160 valence electrons. The summed E-state index contributed by atoms with van der Waals surface area (Å²) >= 11 is 0. The van der Waals surface area contributed by atoms with Crippen molar-refractivity contribution in [1.29, 1.82) is 10.5 Å². The third-order valence-electron chi connectivity index (χ3n) is 5.22. The normalized spacial score (nSPS) is 19.3. The Morgan fingerprint density at radius 3 is 2.74 bits per heavy atom. The Morgan fingerprint density at radius 1 is 1.29 bits per heavy atom. The maximum atomic E-state index is 9.64. The fourth-order valence-corrected chi connectivity index (χ4v) is 3.62. The molecule has 1 aliphatic heterocycles. The molecule has 0 amide bonds. The van der Waals surface area contributed by atoms with Gasteiger partial charge < -0.3 is 19.4 Å². The van der Waals surface area contributed by atoms with Crippen LogP contribution in [0.2, 0.25) is 0 Å². The zero-order chi connectivity index (χ0) is 22.1. The maximum absolute atomic E-state index is 9.64. The summed E-state index contributed by atoms with van der Waals surface area (Å²) < 4.78 is 14.9. The van der Waals surface area contributed by atoms with Gasteiger partial charge in [0, 0.05) is 17.5 Å². The smallest absolute Gasteiger partial charge is 0.257 e. The van der Waals surface area contributed by atoms with Crippen molar-refractivity contribution in [3.05, 3.63) is 24.2 Å². The van der Waals surface area contributed by atoms with Gasteiger partial charge in [-0.2, -0.15) is 15.5 Å². The SMILES string of the molecule is CC(C)Oc1nn([C@@H](C)C#N)cc1Nc1ncc2cc(C#N)n([C@@H]3COC[C@@H]3C)c2n1. The second-order valence-electron chi connectivity index (χ2n) is 7.99. The van der Waals surface area contributed by atoms with Gasteiger partial charge >= 0.3 is 0 Å². The zero-order valence-electron chi connectivity index (χ0n) is 17.9. The van der Waals surface area contributed by atoms with Crippen LogP contribution in [0.5, 0.6) is 5.88 Å². The minimum atomic E-state index is -0.451. The second kappa shape index (κ2) is 8.25. The first-order valence-electron chi connectivity index (χ1n) is 10.2. The van der Waals surface area contributed by atoms with E-state index in [1.54, 1.807) is 25.4 Å². The van der Waals surface area contributed by atoms with Crippen molar-refractivity contribution in [3.8, 4) is 18.0 Å². The Morgan fingerprint density at radius 2 is 2.10 bits per heavy atom. The fraction of sp³-hybridized carbons (Fsp3) is 0.476. The molecule has 0 aromatic carbocycles. The summed E-state index contributed by atoms with van der Waals surface area (Å²) in [5, 5.41) is 27.2. The van der Waals surface area contributed by atoms with Crippen LogP contribution in [0, 0.1) is 28.6 Å². The van der Waals surface area contributed by atoms with Gasteiger partial charge in [0.15, 0.2) is 0 Å². The van der Waals surface area contributed by atoms with Crippen LogP contribution in [-0.4, -0.2) is 43.6 Å². The van der Waals surface area contributed by atoms with E-state index in [4.69, 9.17) is 9.47 Å². The lowest BCUT2D eigenvalue weighted by atomic mass is 10.1. The number of aromatic nitrogens is 5. The molecule has 3 aromatic rings. The molecule has 0 spiro atoms. The second-order valence-corrected chi connectivity index (χ2v) is 7.99. The van der Waals surface area contributed by atoms with E-state index in [1.807, 2.05) is 18.4 Å². The number of nitriles is 2. The van der Waals surface area contributed by atoms with Crippen LogP contribution in [0.3, 0.4) is 0 Å². The molecule has 1 fully saturated rings. The molecule has 0 aliphatic carbocycles. The van der Waals surface area contributed by atoms with E-state index in [0.29, 0.717) is 42.1 Å². The first-order valence-corrected chi connectivity index (χ1v) is 10.2. The van der Waals surface area contributed by atoms with E-state index in [1.165, 1.54) is 4.68 Å². The van der Waals surface area contributed by atoms with Crippen molar-refractivity contribution >= 4 is 22.7 Å². The molecule has 3 atom stereocenters. The van der Waals surface area contributed by atoms with Crippen molar-refractivity contribution in [3.63, 3.8) is 0 Å². The van der Waals surface area contributed by atoms with Gasteiger partial charge in [-0.15, -0.1) is 5.10 Å². The number of nitrogens with one attached hydrogen (secondary N) is 1. The number of ether oxygens (including phenoxy) is 2.